The molecule has 1 unspecified atom stereocenters. The predicted molar refractivity (Wildman–Crippen MR) is 121 cm³/mol. The number of amides is 1. The molecule has 2 heterocycles. The molecule has 0 spiro atoms. The van der Waals surface area contributed by atoms with Gasteiger partial charge in [0.25, 0.3) is 0 Å². The van der Waals surface area contributed by atoms with E-state index in [0.29, 0.717) is 29.4 Å². The van der Waals surface area contributed by atoms with E-state index in [0.717, 1.165) is 22.4 Å². The van der Waals surface area contributed by atoms with Gasteiger partial charge in [-0.2, -0.15) is 0 Å². The van der Waals surface area contributed by atoms with Gasteiger partial charge in [-0.05, 0) is 18.1 Å². The Kier molecular flexibility index (Phi) is 5.95. The Hall–Kier alpha value is -3.32. The highest BCUT2D eigenvalue weighted by Crippen LogP contribution is 2.51. The highest BCUT2D eigenvalue weighted by Gasteiger charge is 2.36. The van der Waals surface area contributed by atoms with E-state index in [4.69, 9.17) is 9.47 Å². The first-order valence-electron chi connectivity index (χ1n) is 10.1. The number of rotatable bonds is 7. The molecular formula is C24H23NO5S. The average molecular weight is 438 g/mol. The lowest BCUT2D eigenvalue weighted by Gasteiger charge is -2.26. The van der Waals surface area contributed by atoms with Gasteiger partial charge in [-0.15, -0.1) is 11.3 Å². The molecule has 7 heteroatoms. The van der Waals surface area contributed by atoms with Crippen LogP contribution in [0.15, 0.2) is 48.5 Å². The van der Waals surface area contributed by atoms with E-state index in [2.05, 4.69) is 5.32 Å². The maximum Gasteiger partial charge on any atom is 0.346 e. The lowest BCUT2D eigenvalue weighted by atomic mass is 9.88. The first kappa shape index (κ1) is 20.9. The van der Waals surface area contributed by atoms with Crippen LogP contribution in [0, 0.1) is 0 Å². The van der Waals surface area contributed by atoms with Crippen molar-refractivity contribution in [3.8, 4) is 22.6 Å². The fourth-order valence-corrected chi connectivity index (χ4v) is 5.13. The maximum atomic E-state index is 12.7. The number of aromatic carboxylic acids is 1. The Bertz CT molecular complexity index is 1120. The van der Waals surface area contributed by atoms with Crippen LogP contribution in [0.5, 0.6) is 11.5 Å². The Labute approximate surface area is 184 Å². The van der Waals surface area contributed by atoms with Crippen molar-refractivity contribution in [2.24, 2.45) is 0 Å². The zero-order valence-corrected chi connectivity index (χ0v) is 18.1. The van der Waals surface area contributed by atoms with Gasteiger partial charge >= 0.3 is 5.97 Å². The quantitative estimate of drug-likeness (QED) is 0.518. The summed E-state index contributed by atoms with van der Waals surface area (Å²) in [6, 6.07) is 14.9. The molecule has 2 aromatic carbocycles. The molecule has 0 fully saturated rings. The average Bonchev–Trinajstić information content (AvgIpc) is 3.17. The molecule has 6 nitrogen and oxygen atoms in total. The molecule has 1 aromatic heterocycles. The van der Waals surface area contributed by atoms with Gasteiger partial charge in [0.1, 0.15) is 4.88 Å². The second-order valence-electron chi connectivity index (χ2n) is 7.25. The van der Waals surface area contributed by atoms with Crippen LogP contribution in [0.25, 0.3) is 11.1 Å². The summed E-state index contributed by atoms with van der Waals surface area (Å²) >= 11 is 1.21. The molecule has 2 N–H and O–H groups in total. The number of methoxy groups -OCH3 is 1. The number of anilines is 1. The number of para-hydroxylation sites is 1. The van der Waals surface area contributed by atoms with Gasteiger partial charge in [0.2, 0.25) is 5.91 Å². The summed E-state index contributed by atoms with van der Waals surface area (Å²) in [5.41, 5.74) is 2.69. The van der Waals surface area contributed by atoms with Gasteiger partial charge in [-0.1, -0.05) is 49.4 Å². The Balaban J connectivity index is 1.92. The highest BCUT2D eigenvalue weighted by molar-refractivity contribution is 7.15. The van der Waals surface area contributed by atoms with Crippen LogP contribution in [0.2, 0.25) is 0 Å². The molecule has 0 aliphatic carbocycles. The van der Waals surface area contributed by atoms with Crippen molar-refractivity contribution >= 4 is 28.9 Å². The fraction of sp³-hybridized carbons (Fsp3) is 0.250. The van der Waals surface area contributed by atoms with Crippen molar-refractivity contribution in [1.82, 2.24) is 0 Å². The van der Waals surface area contributed by atoms with Gasteiger partial charge in [0, 0.05) is 28.3 Å². The van der Waals surface area contributed by atoms with E-state index in [9.17, 15) is 14.7 Å². The van der Waals surface area contributed by atoms with Crippen LogP contribution >= 0.6 is 11.3 Å². The van der Waals surface area contributed by atoms with Crippen LogP contribution in [0.4, 0.5) is 5.69 Å². The smallest absolute Gasteiger partial charge is 0.346 e. The van der Waals surface area contributed by atoms with Crippen molar-refractivity contribution in [3.05, 3.63) is 63.8 Å². The number of benzene rings is 2. The number of carbonyl (C=O) groups is 2. The third-order valence-electron chi connectivity index (χ3n) is 5.22. The standard InChI is InChI=1S/C24H23NO5S/c1-3-12-30-21-15(10-7-11-17(21)29-2)16-13-18(26)25-20-19(14-8-5-4-6-9-14)23(24(27)28)31-22(16)20/h4-11,16H,3,12-13H2,1-2H3,(H,25,26)(H,27,28). The molecule has 1 aliphatic heterocycles. The SMILES string of the molecule is CCCOc1c(OC)cccc1C1CC(=O)Nc2c1sc(C(=O)O)c2-c1ccccc1. The summed E-state index contributed by atoms with van der Waals surface area (Å²) in [6.45, 7) is 2.53. The minimum absolute atomic E-state index is 0.159. The maximum absolute atomic E-state index is 12.7. The van der Waals surface area contributed by atoms with Crippen molar-refractivity contribution in [2.45, 2.75) is 25.7 Å². The van der Waals surface area contributed by atoms with E-state index in [1.54, 1.807) is 7.11 Å². The summed E-state index contributed by atoms with van der Waals surface area (Å²) < 4.78 is 11.5. The number of carboxylic acid groups (broad SMARTS) is 1. The Morgan fingerprint density at radius 2 is 1.97 bits per heavy atom. The van der Waals surface area contributed by atoms with E-state index in [-0.39, 0.29) is 23.1 Å². The first-order chi connectivity index (χ1) is 15.0. The number of thiophene rings is 1. The number of fused-ring (bicyclic) bond motifs is 1. The normalized spacial score (nSPS) is 15.2. The lowest BCUT2D eigenvalue weighted by Crippen LogP contribution is -2.23. The van der Waals surface area contributed by atoms with Gasteiger partial charge in [0.15, 0.2) is 11.5 Å². The van der Waals surface area contributed by atoms with E-state index in [1.165, 1.54) is 11.3 Å². The summed E-state index contributed by atoms with van der Waals surface area (Å²) in [5, 5.41) is 12.8. The molecule has 1 aliphatic rings. The number of carbonyl (C=O) groups excluding carboxylic acids is 1. The van der Waals surface area contributed by atoms with Gasteiger partial charge in [-0.3, -0.25) is 4.79 Å². The third kappa shape index (κ3) is 3.88. The largest absolute Gasteiger partial charge is 0.493 e. The van der Waals surface area contributed by atoms with Crippen molar-refractivity contribution in [1.29, 1.82) is 0 Å². The van der Waals surface area contributed by atoms with Crippen molar-refractivity contribution in [3.63, 3.8) is 0 Å². The molecule has 160 valence electrons. The second kappa shape index (κ2) is 8.81. The molecule has 1 amide bonds. The van der Waals surface area contributed by atoms with Gasteiger partial charge in [-0.25, -0.2) is 4.79 Å². The van der Waals surface area contributed by atoms with Crippen LogP contribution in [-0.4, -0.2) is 30.7 Å². The van der Waals surface area contributed by atoms with E-state index in [1.807, 2.05) is 55.5 Å². The van der Waals surface area contributed by atoms with E-state index < -0.39 is 5.97 Å². The summed E-state index contributed by atoms with van der Waals surface area (Å²) in [4.78, 5) is 25.8. The summed E-state index contributed by atoms with van der Waals surface area (Å²) in [7, 11) is 1.58. The number of ether oxygens (including phenoxy) is 2. The molecule has 4 rings (SSSR count). The van der Waals surface area contributed by atoms with Crippen LogP contribution in [0.1, 0.15) is 45.8 Å². The molecule has 3 aromatic rings. The number of nitrogens with one attached hydrogen (secondary N) is 1. The van der Waals surface area contributed by atoms with E-state index >= 15 is 0 Å². The van der Waals surface area contributed by atoms with Gasteiger partial charge < -0.3 is 19.9 Å². The molecule has 1 atom stereocenters. The monoisotopic (exact) mass is 437 g/mol. The third-order valence-corrected chi connectivity index (χ3v) is 6.51. The minimum atomic E-state index is -1.01. The molecule has 31 heavy (non-hydrogen) atoms. The van der Waals surface area contributed by atoms with Crippen LogP contribution in [0.3, 0.4) is 0 Å². The number of hydrogen-bond acceptors (Lipinski definition) is 5. The molecule has 0 bridgehead atoms. The molecule has 0 radical (unpaired) electrons. The summed E-state index contributed by atoms with van der Waals surface area (Å²) in [5.74, 6) is -0.305. The van der Waals surface area contributed by atoms with Crippen molar-refractivity contribution < 1.29 is 24.2 Å². The predicted octanol–water partition coefficient (Wildman–Crippen LogP) is 5.38. The lowest BCUT2D eigenvalue weighted by molar-refractivity contribution is -0.116. The van der Waals surface area contributed by atoms with Crippen LogP contribution < -0.4 is 14.8 Å². The second-order valence-corrected chi connectivity index (χ2v) is 8.30. The fourth-order valence-electron chi connectivity index (χ4n) is 3.90. The zero-order chi connectivity index (χ0) is 22.0. The number of carboxylic acids is 1. The molecule has 0 saturated heterocycles. The zero-order valence-electron chi connectivity index (χ0n) is 17.3. The number of hydrogen-bond donors (Lipinski definition) is 2. The Morgan fingerprint density at radius 3 is 2.65 bits per heavy atom. The molecule has 0 saturated carbocycles. The van der Waals surface area contributed by atoms with Crippen molar-refractivity contribution in [2.75, 3.05) is 19.0 Å². The highest BCUT2D eigenvalue weighted by atomic mass is 32.1. The minimum Gasteiger partial charge on any atom is -0.493 e. The molecular weight excluding hydrogens is 414 g/mol. The summed E-state index contributed by atoms with van der Waals surface area (Å²) in [6.07, 6.45) is 1.03. The Morgan fingerprint density at radius 1 is 1.19 bits per heavy atom. The first-order valence-corrected chi connectivity index (χ1v) is 10.9. The van der Waals surface area contributed by atoms with Gasteiger partial charge in [0.05, 0.1) is 19.4 Å². The van der Waals surface area contributed by atoms with Crippen LogP contribution in [-0.2, 0) is 4.79 Å². The topological polar surface area (TPSA) is 84.9 Å².